The first-order valence-corrected chi connectivity index (χ1v) is 6.21. The van der Waals surface area contributed by atoms with E-state index in [9.17, 15) is 13.6 Å². The summed E-state index contributed by atoms with van der Waals surface area (Å²) in [5.74, 6) is 0. The van der Waals surface area contributed by atoms with E-state index in [1.165, 1.54) is 6.92 Å². The molecule has 1 atom stereocenters. The highest BCUT2D eigenvalue weighted by molar-refractivity contribution is 5.68. The molecule has 0 aliphatic heterocycles. The maximum absolute atomic E-state index is 12.3. The van der Waals surface area contributed by atoms with Crippen LogP contribution in [0.2, 0.25) is 0 Å². The molecule has 1 unspecified atom stereocenters. The summed E-state index contributed by atoms with van der Waals surface area (Å²) in [6.07, 6.45) is -1.48. The van der Waals surface area contributed by atoms with Gasteiger partial charge in [0.25, 0.3) is 6.43 Å². The smallest absolute Gasteiger partial charge is 0.407 e. The lowest BCUT2D eigenvalue weighted by atomic mass is 9.86. The number of carbonyl (C=O) groups is 1. The van der Waals surface area contributed by atoms with Crippen molar-refractivity contribution in [1.29, 1.82) is 0 Å². The minimum atomic E-state index is -2.36. The van der Waals surface area contributed by atoms with Gasteiger partial charge in [0.15, 0.2) is 0 Å². The number of carbonyl (C=O) groups excluding carboxylic acids is 1. The van der Waals surface area contributed by atoms with E-state index in [2.05, 4.69) is 10.6 Å². The van der Waals surface area contributed by atoms with Crippen molar-refractivity contribution in [3.8, 4) is 0 Å². The molecule has 0 radical (unpaired) electrons. The number of ether oxygens (including phenoxy) is 1. The Morgan fingerprint density at radius 1 is 1.28 bits per heavy atom. The van der Waals surface area contributed by atoms with Gasteiger partial charge in [0.2, 0.25) is 0 Å². The van der Waals surface area contributed by atoms with Gasteiger partial charge in [-0.15, -0.1) is 0 Å². The summed E-state index contributed by atoms with van der Waals surface area (Å²) in [4.78, 5) is 11.4. The van der Waals surface area contributed by atoms with Crippen molar-refractivity contribution in [1.82, 2.24) is 10.6 Å². The molecule has 0 aromatic heterocycles. The van der Waals surface area contributed by atoms with Crippen molar-refractivity contribution in [2.45, 2.75) is 70.7 Å². The summed E-state index contributed by atoms with van der Waals surface area (Å²) in [6.45, 7) is 6.84. The molecule has 1 saturated carbocycles. The topological polar surface area (TPSA) is 50.4 Å². The summed E-state index contributed by atoms with van der Waals surface area (Å²) in [5, 5.41) is 5.54. The Labute approximate surface area is 106 Å². The van der Waals surface area contributed by atoms with Crippen LogP contribution in [0, 0.1) is 0 Å². The molecule has 106 valence electrons. The first-order chi connectivity index (χ1) is 8.17. The van der Waals surface area contributed by atoms with Crippen LogP contribution in [0.25, 0.3) is 0 Å². The molecule has 0 heterocycles. The van der Waals surface area contributed by atoms with Crippen molar-refractivity contribution < 1.29 is 18.3 Å². The molecule has 1 aliphatic carbocycles. The summed E-state index contributed by atoms with van der Waals surface area (Å²) < 4.78 is 29.7. The minimum absolute atomic E-state index is 0.0159. The highest BCUT2D eigenvalue weighted by Gasteiger charge is 2.33. The van der Waals surface area contributed by atoms with Gasteiger partial charge in [-0.3, -0.25) is 0 Å². The number of hydrogen-bond donors (Lipinski definition) is 2. The lowest BCUT2D eigenvalue weighted by Gasteiger charge is -2.38. The van der Waals surface area contributed by atoms with E-state index in [1.54, 1.807) is 20.8 Å². The molecular formula is C12H22F2N2O2. The fourth-order valence-corrected chi connectivity index (χ4v) is 1.79. The second-order valence-corrected chi connectivity index (χ2v) is 5.80. The van der Waals surface area contributed by atoms with Crippen LogP contribution < -0.4 is 10.6 Å². The normalized spacial score (nSPS) is 25.5. The molecular weight excluding hydrogens is 242 g/mol. The van der Waals surface area contributed by atoms with Gasteiger partial charge in [0.05, 0.1) is 6.04 Å². The molecule has 0 bridgehead atoms. The van der Waals surface area contributed by atoms with Gasteiger partial charge in [0.1, 0.15) is 5.60 Å². The molecule has 0 aromatic carbocycles. The lowest BCUT2D eigenvalue weighted by molar-refractivity contribution is 0.0442. The second-order valence-electron chi connectivity index (χ2n) is 5.80. The zero-order chi connectivity index (χ0) is 13.9. The van der Waals surface area contributed by atoms with E-state index in [0.29, 0.717) is 12.8 Å². The Balaban J connectivity index is 2.17. The average Bonchev–Trinajstić information content (AvgIpc) is 2.10. The molecule has 2 N–H and O–H groups in total. The van der Waals surface area contributed by atoms with Gasteiger partial charge in [-0.1, -0.05) is 0 Å². The predicted molar refractivity (Wildman–Crippen MR) is 64.8 cm³/mol. The first kappa shape index (κ1) is 15.1. The van der Waals surface area contributed by atoms with Gasteiger partial charge < -0.3 is 15.4 Å². The Bertz CT molecular complexity index is 286. The zero-order valence-corrected chi connectivity index (χ0v) is 11.3. The second kappa shape index (κ2) is 5.82. The monoisotopic (exact) mass is 264 g/mol. The van der Waals surface area contributed by atoms with Crippen molar-refractivity contribution >= 4 is 6.09 Å². The molecule has 1 rings (SSSR count). The number of halogens is 2. The van der Waals surface area contributed by atoms with Crippen LogP contribution in [0.1, 0.15) is 40.5 Å². The van der Waals surface area contributed by atoms with Gasteiger partial charge in [-0.05, 0) is 40.5 Å². The maximum atomic E-state index is 12.3. The minimum Gasteiger partial charge on any atom is -0.444 e. The van der Waals surface area contributed by atoms with Crippen molar-refractivity contribution in [2.75, 3.05) is 0 Å². The van der Waals surface area contributed by atoms with E-state index < -0.39 is 24.2 Å². The Hall–Kier alpha value is -0.910. The first-order valence-electron chi connectivity index (χ1n) is 6.21. The third kappa shape index (κ3) is 5.16. The Morgan fingerprint density at radius 2 is 1.83 bits per heavy atom. The van der Waals surface area contributed by atoms with Crippen molar-refractivity contribution in [3.63, 3.8) is 0 Å². The van der Waals surface area contributed by atoms with Crippen molar-refractivity contribution in [2.24, 2.45) is 0 Å². The number of rotatable bonds is 4. The van der Waals surface area contributed by atoms with Crippen LogP contribution in [-0.4, -0.2) is 36.2 Å². The van der Waals surface area contributed by atoms with E-state index in [-0.39, 0.29) is 12.1 Å². The fraction of sp³-hybridized carbons (Fsp3) is 0.917. The SMILES string of the molecule is CC(NC1CC(NC(=O)OC(C)(C)C)C1)C(F)F. The Morgan fingerprint density at radius 3 is 2.28 bits per heavy atom. The van der Waals surface area contributed by atoms with Crippen LogP contribution >= 0.6 is 0 Å². The summed E-state index contributed by atoms with van der Waals surface area (Å²) in [7, 11) is 0. The highest BCUT2D eigenvalue weighted by atomic mass is 19.3. The quantitative estimate of drug-likeness (QED) is 0.819. The molecule has 1 fully saturated rings. The molecule has 0 saturated heterocycles. The van der Waals surface area contributed by atoms with Gasteiger partial charge in [-0.2, -0.15) is 0 Å². The highest BCUT2D eigenvalue weighted by Crippen LogP contribution is 2.22. The summed E-state index contributed by atoms with van der Waals surface area (Å²) in [6, 6.07) is -0.742. The number of hydrogen-bond acceptors (Lipinski definition) is 3. The van der Waals surface area contributed by atoms with Gasteiger partial charge in [-0.25, -0.2) is 13.6 Å². The third-order valence-corrected chi connectivity index (χ3v) is 2.74. The van der Waals surface area contributed by atoms with Crippen molar-refractivity contribution in [3.05, 3.63) is 0 Å². The fourth-order valence-electron chi connectivity index (χ4n) is 1.79. The van der Waals surface area contributed by atoms with E-state index in [0.717, 1.165) is 0 Å². The average molecular weight is 264 g/mol. The number of alkyl halides is 2. The van der Waals surface area contributed by atoms with E-state index >= 15 is 0 Å². The number of alkyl carbamates (subject to hydrolysis) is 1. The largest absolute Gasteiger partial charge is 0.444 e. The van der Waals surface area contributed by atoms with Crippen LogP contribution in [0.4, 0.5) is 13.6 Å². The molecule has 6 heteroatoms. The standard InChI is InChI=1S/C12H22F2N2O2/c1-7(10(13)14)15-8-5-9(6-8)16-11(17)18-12(2,3)4/h7-10,15H,5-6H2,1-4H3,(H,16,17). The van der Waals surface area contributed by atoms with Gasteiger partial charge >= 0.3 is 6.09 Å². The molecule has 4 nitrogen and oxygen atoms in total. The van der Waals surface area contributed by atoms with E-state index in [1.807, 2.05) is 0 Å². The molecule has 1 amide bonds. The van der Waals surface area contributed by atoms with Gasteiger partial charge in [0, 0.05) is 12.1 Å². The predicted octanol–water partition coefficient (Wildman–Crippen LogP) is 2.29. The zero-order valence-electron chi connectivity index (χ0n) is 11.3. The van der Waals surface area contributed by atoms with Crippen LogP contribution in [0.15, 0.2) is 0 Å². The molecule has 0 aromatic rings. The number of amides is 1. The van der Waals surface area contributed by atoms with Crippen LogP contribution in [0.5, 0.6) is 0 Å². The molecule has 1 aliphatic rings. The van der Waals surface area contributed by atoms with Crippen LogP contribution in [0.3, 0.4) is 0 Å². The summed E-state index contributed by atoms with van der Waals surface area (Å²) in [5.41, 5.74) is -0.518. The summed E-state index contributed by atoms with van der Waals surface area (Å²) >= 11 is 0. The lowest BCUT2D eigenvalue weighted by Crippen LogP contribution is -2.55. The Kier molecular flexibility index (Phi) is 4.90. The van der Waals surface area contributed by atoms with Crippen LogP contribution in [-0.2, 0) is 4.74 Å². The molecule has 18 heavy (non-hydrogen) atoms. The third-order valence-electron chi connectivity index (χ3n) is 2.74. The van der Waals surface area contributed by atoms with E-state index in [4.69, 9.17) is 4.74 Å². The molecule has 0 spiro atoms. The number of nitrogens with one attached hydrogen (secondary N) is 2. The maximum Gasteiger partial charge on any atom is 0.407 e.